The Kier molecular flexibility index (Phi) is 2.91. The molecule has 0 bridgehead atoms. The lowest BCUT2D eigenvalue weighted by Gasteiger charge is -2.15. The van der Waals surface area contributed by atoms with Gasteiger partial charge in [-0.25, -0.2) is 4.98 Å². The number of nitrogens with zero attached hydrogens (tertiary/aromatic N) is 6. The van der Waals surface area contributed by atoms with Crippen LogP contribution in [0.4, 0.5) is 0 Å². The van der Waals surface area contributed by atoms with Gasteiger partial charge < -0.3 is 9.13 Å². The predicted octanol–water partition coefficient (Wildman–Crippen LogP) is 12.5. The summed E-state index contributed by atoms with van der Waals surface area (Å²) in [6, 6.07) is -30.9. The topological polar surface area (TPSA) is 53.5 Å². The summed E-state index contributed by atoms with van der Waals surface area (Å²) in [6.07, 6.45) is 0. The molecule has 0 aliphatic heterocycles. The summed E-state index contributed by atoms with van der Waals surface area (Å²) in [5.74, 6) is -3.16. The highest BCUT2D eigenvalue weighted by Crippen LogP contribution is 2.38. The third-order valence-electron chi connectivity index (χ3n) is 9.10. The van der Waals surface area contributed by atoms with Crippen LogP contribution in [0.25, 0.3) is 106 Å². The summed E-state index contributed by atoms with van der Waals surface area (Å²) in [4.78, 5) is 13.7. The van der Waals surface area contributed by atoms with E-state index in [0.717, 1.165) is 0 Å². The van der Waals surface area contributed by atoms with E-state index in [0.29, 0.717) is 13.7 Å². The van der Waals surface area contributed by atoms with Gasteiger partial charge in [0.15, 0.2) is 11.6 Å². The van der Waals surface area contributed by atoms with Crippen LogP contribution in [0, 0.1) is 0 Å². The van der Waals surface area contributed by atoms with Gasteiger partial charge in [0, 0.05) is 49.1 Å². The van der Waals surface area contributed by atoms with Crippen LogP contribution in [0.2, 0.25) is 0 Å². The average molecular weight is 761 g/mol. The van der Waals surface area contributed by atoms with Crippen LogP contribution in [0.1, 0.15) is 43.9 Å². The zero-order chi connectivity index (χ0) is 65.3. The molecule has 0 aliphatic carbocycles. The number of fused-ring (bicyclic) bond motifs is 9. The van der Waals surface area contributed by atoms with Gasteiger partial charge in [0.05, 0.1) is 82.7 Å². The van der Waals surface area contributed by atoms with E-state index in [9.17, 15) is 12.3 Å². The molecule has 266 valence electrons. The third kappa shape index (κ3) is 4.74. The summed E-state index contributed by atoms with van der Waals surface area (Å²) in [6.45, 7) is 0. The highest BCUT2D eigenvalue weighted by Gasteiger charge is 2.22. The highest BCUT2D eigenvalue weighted by atomic mass is 15.2. The number of benzene rings is 8. The van der Waals surface area contributed by atoms with Crippen LogP contribution in [0.15, 0.2) is 193 Å². The first-order valence-electron chi connectivity index (χ1n) is 32.6. The molecule has 6 nitrogen and oxygen atoms in total. The van der Waals surface area contributed by atoms with E-state index in [2.05, 4.69) is 15.0 Å². The Morgan fingerprint density at radius 1 is 0.333 bits per heavy atom. The minimum Gasteiger partial charge on any atom is -0.309 e. The zero-order valence-corrected chi connectivity index (χ0v) is 28.2. The molecule has 0 unspecified atom stereocenters. The Morgan fingerprint density at radius 2 is 0.772 bits per heavy atom. The van der Waals surface area contributed by atoms with Crippen molar-refractivity contribution in [3.63, 3.8) is 0 Å². The Labute approximate surface area is 372 Å². The van der Waals surface area contributed by atoms with Crippen LogP contribution < -0.4 is 0 Å². The molecule has 0 saturated carbocycles. The first kappa shape index (κ1) is 13.4. The van der Waals surface area contributed by atoms with Gasteiger partial charge in [-0.3, -0.25) is 4.57 Å². The quantitative estimate of drug-likeness (QED) is 0.176. The fourth-order valence-corrected chi connectivity index (χ4v) is 6.79. The Bertz CT molecular complexity index is 5230. The molecule has 0 saturated heterocycles. The van der Waals surface area contributed by atoms with Crippen LogP contribution in [-0.4, -0.2) is 28.7 Å². The summed E-state index contributed by atoms with van der Waals surface area (Å²) in [7, 11) is 0. The van der Waals surface area contributed by atoms with Crippen molar-refractivity contribution in [1.82, 2.24) is 28.7 Å². The number of hydrogen-bond donors (Lipinski definition) is 0. The molecule has 0 fully saturated rings. The lowest BCUT2D eigenvalue weighted by molar-refractivity contribution is 0.952. The lowest BCUT2D eigenvalue weighted by Crippen LogP contribution is -2.08. The molecule has 0 spiro atoms. The van der Waals surface area contributed by atoms with Crippen molar-refractivity contribution < 1.29 is 43.9 Å². The maximum atomic E-state index is 10.2. The van der Waals surface area contributed by atoms with Crippen molar-refractivity contribution in [1.29, 1.82) is 0 Å². The van der Waals surface area contributed by atoms with E-state index in [4.69, 9.17) is 31.5 Å². The monoisotopic (exact) mass is 760 g/mol. The molecular formula is C51H32N6. The second-order valence-electron chi connectivity index (χ2n) is 12.1. The maximum Gasteiger partial charge on any atom is 0.238 e. The van der Waals surface area contributed by atoms with Gasteiger partial charge in [-0.15, -0.1) is 0 Å². The number of rotatable bonds is 5. The molecule has 12 rings (SSSR count). The molecule has 6 heteroatoms. The maximum absolute atomic E-state index is 10.2. The fourth-order valence-electron chi connectivity index (χ4n) is 6.79. The SMILES string of the molecule is [2H]c1c([2H])c([2H])c(-n2c3c([2H])c([2H])c([2H])c([2H])c3c3c([2H])c([2H])c(-c4nc(-c5c([2H])c([2H])c([2H])c([2H])c5-n5c6c([2H])c([2H])c([2H])c([2H])c6c6c([2H])c([2H])c([2H])c([2H])c65)nc(-n5c6c([2H])c([2H])c([2H])c([2H])c6c6c([2H])c([2H])c([2H])c([2H])c65)n4)c([2H])c32)c([2H])c1[2H]. The van der Waals surface area contributed by atoms with Gasteiger partial charge in [-0.05, 0) is 60.4 Å². The first-order valence-corrected chi connectivity index (χ1v) is 16.6. The first-order chi connectivity index (χ1) is 41.6. The summed E-state index contributed by atoms with van der Waals surface area (Å²) in [5, 5.41) is -3.52. The van der Waals surface area contributed by atoms with Crippen LogP contribution in [-0.2, 0) is 0 Å². The molecule has 0 radical (unpaired) electrons. The molecule has 57 heavy (non-hydrogen) atoms. The van der Waals surface area contributed by atoms with Crippen LogP contribution in [0.3, 0.4) is 0 Å². The van der Waals surface area contributed by atoms with E-state index in [1.54, 1.807) is 0 Å². The molecule has 12 aromatic rings. The van der Waals surface area contributed by atoms with Crippen molar-refractivity contribution in [3.05, 3.63) is 193 Å². The minimum absolute atomic E-state index is 0.572. The molecule has 0 aliphatic rings. The Morgan fingerprint density at radius 3 is 1.35 bits per heavy atom. The number of hydrogen-bond acceptors (Lipinski definition) is 3. The van der Waals surface area contributed by atoms with Gasteiger partial charge in [0.25, 0.3) is 0 Å². The van der Waals surface area contributed by atoms with Crippen molar-refractivity contribution in [2.45, 2.75) is 0 Å². The van der Waals surface area contributed by atoms with Gasteiger partial charge in [-0.1, -0.05) is 133 Å². The normalized spacial score (nSPS) is 19.7. The van der Waals surface area contributed by atoms with Gasteiger partial charge in [0.2, 0.25) is 5.95 Å². The Hall–Kier alpha value is -7.83. The number of para-hydroxylation sites is 7. The Balaban J connectivity index is 1.37. The van der Waals surface area contributed by atoms with E-state index < -0.39 is 299 Å². The second-order valence-corrected chi connectivity index (χ2v) is 12.1. The summed E-state index contributed by atoms with van der Waals surface area (Å²) < 4.78 is 292. The second kappa shape index (κ2) is 12.3. The molecule has 4 aromatic heterocycles. The van der Waals surface area contributed by atoms with E-state index in [-0.39, 0.29) is 0 Å². The third-order valence-corrected chi connectivity index (χ3v) is 9.10. The number of aromatic nitrogens is 6. The highest BCUT2D eigenvalue weighted by molar-refractivity contribution is 6.12. The average Bonchev–Trinajstić information content (AvgIpc) is 1.57. The smallest absolute Gasteiger partial charge is 0.238 e. The standard InChI is InChI=1S/C51H32N6/c1-2-16-34(17-3-1)55-42-24-10-4-22-39(42)40-31-30-33(32-48(40)55)49-52-50(54-51(53-49)57-45-27-13-7-20-37(45)38-21-8-14-28-46(38)57)41-23-9-15-29-47(41)56-43-25-11-5-18-35(43)36-19-6-12-26-44(36)56/h1-32H/i1D,2D,3D,4D,5D,6D,7D,8D,9D,10D,11D,12D,13D,14D,15D,16D,17D,18D,19D,20D,21D,22D,23D,24D,25D,26D,27D,28D,29D,30D,31D,32D. The van der Waals surface area contributed by atoms with Crippen molar-refractivity contribution in [2.75, 3.05) is 0 Å². The van der Waals surface area contributed by atoms with Crippen LogP contribution in [0.5, 0.6) is 0 Å². The fraction of sp³-hybridized carbons (Fsp3) is 0. The zero-order valence-electron chi connectivity index (χ0n) is 60.2. The lowest BCUT2D eigenvalue weighted by atomic mass is 10.1. The largest absolute Gasteiger partial charge is 0.309 e. The molecule has 4 heterocycles. The molecular weight excluding hydrogens is 697 g/mol. The van der Waals surface area contributed by atoms with E-state index in [1.165, 1.54) is 0 Å². The van der Waals surface area contributed by atoms with Gasteiger partial charge >= 0.3 is 0 Å². The predicted molar refractivity (Wildman–Crippen MR) is 234 cm³/mol. The van der Waals surface area contributed by atoms with Crippen molar-refractivity contribution in [3.8, 4) is 40.1 Å². The molecule has 0 amide bonds. The van der Waals surface area contributed by atoms with Crippen molar-refractivity contribution >= 4 is 65.4 Å². The molecule has 8 aromatic carbocycles. The summed E-state index contributed by atoms with van der Waals surface area (Å²) >= 11 is 0. The van der Waals surface area contributed by atoms with Gasteiger partial charge in [-0.2, -0.15) is 9.97 Å². The van der Waals surface area contributed by atoms with E-state index >= 15 is 0 Å². The van der Waals surface area contributed by atoms with Crippen LogP contribution >= 0.6 is 0 Å². The van der Waals surface area contributed by atoms with E-state index in [1.807, 2.05) is 0 Å². The minimum atomic E-state index is -1.15. The molecule has 0 N–H and O–H groups in total. The summed E-state index contributed by atoms with van der Waals surface area (Å²) in [5.41, 5.74) is -7.91. The van der Waals surface area contributed by atoms with Gasteiger partial charge in [0.1, 0.15) is 0 Å². The van der Waals surface area contributed by atoms with Crippen molar-refractivity contribution in [2.24, 2.45) is 0 Å². The molecule has 0 atom stereocenters.